The number of amides is 2. The number of benzene rings is 1. The molecule has 0 fully saturated rings. The van der Waals surface area contributed by atoms with E-state index < -0.39 is 17.6 Å². The van der Waals surface area contributed by atoms with Gasteiger partial charge in [0.25, 0.3) is 5.91 Å². The van der Waals surface area contributed by atoms with Crippen LogP contribution in [0.5, 0.6) is 0 Å². The first-order valence-electron chi connectivity index (χ1n) is 8.23. The average Bonchev–Trinajstić information content (AvgIpc) is 3.16. The number of hydrogen-bond donors (Lipinski definition) is 3. The van der Waals surface area contributed by atoms with Crippen molar-refractivity contribution in [3.63, 3.8) is 0 Å². The van der Waals surface area contributed by atoms with Crippen LogP contribution in [0.2, 0.25) is 0 Å². The van der Waals surface area contributed by atoms with Crippen LogP contribution in [0, 0.1) is 0 Å². The summed E-state index contributed by atoms with van der Waals surface area (Å²) in [5.41, 5.74) is 0.728. The van der Waals surface area contributed by atoms with Crippen molar-refractivity contribution in [2.45, 2.75) is 18.6 Å². The predicted molar refractivity (Wildman–Crippen MR) is 96.4 cm³/mol. The largest absolute Gasteiger partial charge is 0.385 e. The zero-order valence-electron chi connectivity index (χ0n) is 14.4. The quantitative estimate of drug-likeness (QED) is 0.668. The van der Waals surface area contributed by atoms with Crippen LogP contribution in [0.3, 0.4) is 0 Å². The molecular formula is C19H18N4O3. The highest BCUT2D eigenvalue weighted by Crippen LogP contribution is 2.47. The monoisotopic (exact) mass is 350 g/mol. The zero-order chi connectivity index (χ0) is 18.5. The van der Waals surface area contributed by atoms with E-state index in [1.165, 1.54) is 11.8 Å². The molecule has 0 radical (unpaired) electrons. The number of aromatic amines is 1. The van der Waals surface area contributed by atoms with Crippen molar-refractivity contribution in [1.29, 1.82) is 0 Å². The minimum Gasteiger partial charge on any atom is -0.385 e. The van der Waals surface area contributed by atoms with Gasteiger partial charge >= 0.3 is 0 Å². The van der Waals surface area contributed by atoms with Gasteiger partial charge < -0.3 is 20.3 Å². The van der Waals surface area contributed by atoms with Crippen LogP contribution < -0.4 is 10.2 Å². The number of aliphatic hydroxyl groups is 1. The molecule has 3 N–H and O–H groups in total. The summed E-state index contributed by atoms with van der Waals surface area (Å²) in [5.74, 6) is -0.792. The first kappa shape index (κ1) is 16.3. The third kappa shape index (κ3) is 2.07. The molecule has 1 aliphatic rings. The van der Waals surface area contributed by atoms with Crippen LogP contribution in [0.25, 0.3) is 11.0 Å². The number of fused-ring (bicyclic) bond motifs is 2. The fourth-order valence-corrected chi connectivity index (χ4v) is 3.76. The van der Waals surface area contributed by atoms with Crippen molar-refractivity contribution in [2.75, 3.05) is 11.9 Å². The van der Waals surface area contributed by atoms with E-state index in [2.05, 4.69) is 15.3 Å². The highest BCUT2D eigenvalue weighted by atomic mass is 16.3. The molecule has 0 saturated carbocycles. The second kappa shape index (κ2) is 5.67. The lowest BCUT2D eigenvalue weighted by atomic mass is 9.82. The normalized spacial score (nSPS) is 20.3. The topological polar surface area (TPSA) is 98.3 Å². The molecular weight excluding hydrogens is 332 g/mol. The molecule has 0 saturated heterocycles. The Morgan fingerprint density at radius 1 is 1.31 bits per heavy atom. The summed E-state index contributed by atoms with van der Waals surface area (Å²) in [7, 11) is 1.63. The maximum Gasteiger partial charge on any atom is 0.260 e. The van der Waals surface area contributed by atoms with Gasteiger partial charge in [0.05, 0.1) is 0 Å². The number of H-pyrrole nitrogens is 1. The van der Waals surface area contributed by atoms with E-state index in [0.717, 1.165) is 0 Å². The van der Waals surface area contributed by atoms with E-state index in [1.54, 1.807) is 43.7 Å². The van der Waals surface area contributed by atoms with Gasteiger partial charge in [0.1, 0.15) is 11.8 Å². The van der Waals surface area contributed by atoms with Crippen LogP contribution in [-0.2, 0) is 15.1 Å². The minimum absolute atomic E-state index is 0.389. The molecule has 1 aromatic carbocycles. The van der Waals surface area contributed by atoms with Crippen LogP contribution in [0.4, 0.5) is 5.69 Å². The number of para-hydroxylation sites is 1. The molecule has 7 heteroatoms. The van der Waals surface area contributed by atoms with Crippen molar-refractivity contribution in [3.05, 3.63) is 59.9 Å². The van der Waals surface area contributed by atoms with Gasteiger partial charge in [-0.05, 0) is 18.2 Å². The second-order valence-electron chi connectivity index (χ2n) is 6.42. The highest BCUT2D eigenvalue weighted by molar-refractivity contribution is 6.09. The predicted octanol–water partition coefficient (Wildman–Crippen LogP) is 1.60. The van der Waals surface area contributed by atoms with E-state index in [0.29, 0.717) is 27.8 Å². The number of aromatic nitrogens is 2. The molecule has 2 amide bonds. The van der Waals surface area contributed by atoms with E-state index in [1.807, 2.05) is 12.1 Å². The zero-order valence-corrected chi connectivity index (χ0v) is 14.4. The summed E-state index contributed by atoms with van der Waals surface area (Å²) in [6.07, 6.45) is 1.98. The van der Waals surface area contributed by atoms with Gasteiger partial charge in [0.2, 0.25) is 5.91 Å². The van der Waals surface area contributed by atoms with E-state index >= 15 is 0 Å². The summed E-state index contributed by atoms with van der Waals surface area (Å²) in [4.78, 5) is 33.9. The Kier molecular flexibility index (Phi) is 3.55. The molecule has 3 heterocycles. The highest BCUT2D eigenvalue weighted by Gasteiger charge is 2.56. The lowest BCUT2D eigenvalue weighted by Crippen LogP contribution is -2.55. The lowest BCUT2D eigenvalue weighted by molar-refractivity contribution is -0.135. The van der Waals surface area contributed by atoms with Crippen molar-refractivity contribution in [1.82, 2.24) is 15.3 Å². The molecule has 132 valence electrons. The number of pyridine rings is 1. The summed E-state index contributed by atoms with van der Waals surface area (Å²) in [6.45, 7) is 1.33. The molecule has 0 spiro atoms. The molecule has 0 bridgehead atoms. The van der Waals surface area contributed by atoms with E-state index in [9.17, 15) is 14.7 Å². The molecule has 1 aliphatic heterocycles. The van der Waals surface area contributed by atoms with Gasteiger partial charge in [0, 0.05) is 48.6 Å². The number of rotatable bonds is 3. The fraction of sp³-hybridized carbons (Fsp3) is 0.211. The molecule has 7 nitrogen and oxygen atoms in total. The van der Waals surface area contributed by atoms with Crippen LogP contribution in [0.15, 0.2) is 48.8 Å². The Balaban J connectivity index is 1.96. The summed E-state index contributed by atoms with van der Waals surface area (Å²) in [5, 5.41) is 14.8. The summed E-state index contributed by atoms with van der Waals surface area (Å²) in [6, 6.07) is 10.7. The molecule has 26 heavy (non-hydrogen) atoms. The van der Waals surface area contributed by atoms with Crippen LogP contribution >= 0.6 is 0 Å². The third-order valence-corrected chi connectivity index (χ3v) is 4.89. The molecule has 2 aromatic heterocycles. The van der Waals surface area contributed by atoms with Gasteiger partial charge in [-0.15, -0.1) is 0 Å². The second-order valence-corrected chi connectivity index (χ2v) is 6.42. The fourth-order valence-electron chi connectivity index (χ4n) is 3.76. The minimum atomic E-state index is -1.60. The Morgan fingerprint density at radius 3 is 2.85 bits per heavy atom. The maximum atomic E-state index is 13.2. The van der Waals surface area contributed by atoms with Crippen molar-refractivity contribution < 1.29 is 14.7 Å². The maximum absolute atomic E-state index is 13.2. The first-order valence-corrected chi connectivity index (χ1v) is 8.23. The average molecular weight is 350 g/mol. The Bertz CT molecular complexity index is 1030. The molecule has 0 aliphatic carbocycles. The lowest BCUT2D eigenvalue weighted by Gasteiger charge is -2.33. The van der Waals surface area contributed by atoms with Crippen LogP contribution in [0.1, 0.15) is 24.2 Å². The van der Waals surface area contributed by atoms with E-state index in [4.69, 9.17) is 0 Å². The number of hydrogen-bond acceptors (Lipinski definition) is 4. The van der Waals surface area contributed by atoms with Gasteiger partial charge in [-0.2, -0.15) is 0 Å². The molecule has 3 aromatic rings. The smallest absolute Gasteiger partial charge is 0.260 e. The Labute approximate surface area is 149 Å². The first-order chi connectivity index (χ1) is 12.5. The van der Waals surface area contributed by atoms with Gasteiger partial charge in [-0.1, -0.05) is 18.2 Å². The number of nitrogens with zero attached hydrogens (tertiary/aromatic N) is 2. The molecule has 0 unspecified atom stereocenters. The summed E-state index contributed by atoms with van der Waals surface area (Å²) >= 11 is 0. The summed E-state index contributed by atoms with van der Waals surface area (Å²) < 4.78 is 0. The SMILES string of the molecule is CC(=O)N[C@@]1([C@@H](O)c2c[nH]c3ncccc23)C(=O)N(C)c2ccccc21. The number of carbonyl (C=O) groups excluding carboxylic acids is 2. The number of carbonyl (C=O) groups is 2. The van der Waals surface area contributed by atoms with Gasteiger partial charge in [-0.25, -0.2) is 4.98 Å². The van der Waals surface area contributed by atoms with Crippen molar-refractivity contribution in [3.8, 4) is 0 Å². The van der Waals surface area contributed by atoms with Crippen molar-refractivity contribution in [2.24, 2.45) is 0 Å². The Hall–Kier alpha value is -3.19. The van der Waals surface area contributed by atoms with Gasteiger partial charge in [-0.3, -0.25) is 9.59 Å². The molecule has 2 atom stereocenters. The van der Waals surface area contributed by atoms with Gasteiger partial charge in [0.15, 0.2) is 5.54 Å². The standard InChI is InChI=1S/C19H18N4O3/c1-11(24)22-19(14-7-3-4-8-15(14)23(2)18(19)26)16(25)13-10-21-17-12(13)6-5-9-20-17/h3-10,16,25H,1-2H3,(H,20,21)(H,22,24)/t16-,19-/m0/s1. The van der Waals surface area contributed by atoms with E-state index in [-0.39, 0.29) is 5.91 Å². The Morgan fingerprint density at radius 2 is 2.08 bits per heavy atom. The number of nitrogens with one attached hydrogen (secondary N) is 2. The number of likely N-dealkylation sites (N-methyl/N-ethyl adjacent to an activating group) is 1. The number of anilines is 1. The molecule has 4 rings (SSSR count). The third-order valence-electron chi connectivity index (χ3n) is 4.89. The number of aliphatic hydroxyl groups excluding tert-OH is 1. The van der Waals surface area contributed by atoms with Crippen LogP contribution in [-0.4, -0.2) is 33.9 Å². The van der Waals surface area contributed by atoms with Crippen molar-refractivity contribution >= 4 is 28.5 Å².